The van der Waals surface area contributed by atoms with Gasteiger partial charge in [-0.3, -0.25) is 4.90 Å². The molecule has 0 aromatic carbocycles. The molecule has 0 saturated carbocycles. The molecule has 0 radical (unpaired) electrons. The van der Waals surface area contributed by atoms with Gasteiger partial charge in [0.25, 0.3) is 0 Å². The second-order valence-electron chi connectivity index (χ2n) is 6.10. The smallest absolute Gasteiger partial charge is 0.225 e. The summed E-state index contributed by atoms with van der Waals surface area (Å²) in [7, 11) is 0. The summed E-state index contributed by atoms with van der Waals surface area (Å²) in [6.45, 7) is 11.6. The monoisotopic (exact) mass is 347 g/mol. The summed E-state index contributed by atoms with van der Waals surface area (Å²) in [5.41, 5.74) is 2.24. The SMILES string of the molecule is CCOC(C)c1nc(CN2CCN(c3ncc(C)cn3)CC2)cs1. The average molecular weight is 347 g/mol. The van der Waals surface area contributed by atoms with Crippen LogP contribution in [0.4, 0.5) is 5.95 Å². The van der Waals surface area contributed by atoms with Crippen LogP contribution in [0.2, 0.25) is 0 Å². The predicted molar refractivity (Wildman–Crippen MR) is 96.4 cm³/mol. The van der Waals surface area contributed by atoms with Crippen molar-refractivity contribution in [2.24, 2.45) is 0 Å². The standard InChI is InChI=1S/C17H25N5OS/c1-4-23-14(3)16-20-15(12-24-16)11-21-5-7-22(8-6-21)17-18-9-13(2)10-19-17/h9-10,12,14H,4-8,11H2,1-3H3. The van der Waals surface area contributed by atoms with Crippen molar-refractivity contribution in [3.63, 3.8) is 0 Å². The minimum Gasteiger partial charge on any atom is -0.372 e. The third-order valence-electron chi connectivity index (χ3n) is 4.14. The molecule has 3 heterocycles. The minimum absolute atomic E-state index is 0.0873. The summed E-state index contributed by atoms with van der Waals surface area (Å²) in [4.78, 5) is 18.3. The second-order valence-corrected chi connectivity index (χ2v) is 6.99. The number of aryl methyl sites for hydroxylation is 1. The third-order valence-corrected chi connectivity index (χ3v) is 5.20. The van der Waals surface area contributed by atoms with Gasteiger partial charge in [-0.1, -0.05) is 0 Å². The van der Waals surface area contributed by atoms with Gasteiger partial charge in [-0.2, -0.15) is 0 Å². The van der Waals surface area contributed by atoms with E-state index in [0.29, 0.717) is 0 Å². The molecular weight excluding hydrogens is 322 g/mol. The van der Waals surface area contributed by atoms with E-state index in [1.165, 1.54) is 0 Å². The first-order chi connectivity index (χ1) is 11.7. The number of aromatic nitrogens is 3. The number of thiazole rings is 1. The fraction of sp³-hybridized carbons (Fsp3) is 0.588. The van der Waals surface area contributed by atoms with Gasteiger partial charge in [-0.15, -0.1) is 11.3 Å². The molecule has 1 aliphatic heterocycles. The first-order valence-electron chi connectivity index (χ1n) is 8.47. The Morgan fingerprint density at radius 3 is 2.58 bits per heavy atom. The van der Waals surface area contributed by atoms with Gasteiger partial charge < -0.3 is 9.64 Å². The molecule has 1 unspecified atom stereocenters. The maximum absolute atomic E-state index is 5.62. The lowest BCUT2D eigenvalue weighted by Gasteiger charge is -2.34. The lowest BCUT2D eigenvalue weighted by molar-refractivity contribution is 0.0760. The Morgan fingerprint density at radius 1 is 1.21 bits per heavy atom. The van der Waals surface area contributed by atoms with Crippen molar-refractivity contribution in [1.29, 1.82) is 0 Å². The van der Waals surface area contributed by atoms with Crippen LogP contribution in [0.3, 0.4) is 0 Å². The molecular formula is C17H25N5OS. The van der Waals surface area contributed by atoms with Crippen LogP contribution in [0.1, 0.15) is 36.2 Å². The van der Waals surface area contributed by atoms with E-state index < -0.39 is 0 Å². The number of hydrogen-bond donors (Lipinski definition) is 0. The van der Waals surface area contributed by atoms with Crippen molar-refractivity contribution in [3.05, 3.63) is 34.0 Å². The van der Waals surface area contributed by atoms with Crippen LogP contribution in [0, 0.1) is 6.92 Å². The van der Waals surface area contributed by atoms with E-state index in [9.17, 15) is 0 Å². The largest absolute Gasteiger partial charge is 0.372 e. The number of nitrogens with zero attached hydrogens (tertiary/aromatic N) is 5. The minimum atomic E-state index is 0.0873. The summed E-state index contributed by atoms with van der Waals surface area (Å²) < 4.78 is 5.62. The first-order valence-corrected chi connectivity index (χ1v) is 9.35. The van der Waals surface area contributed by atoms with Crippen LogP contribution >= 0.6 is 11.3 Å². The zero-order chi connectivity index (χ0) is 16.9. The fourth-order valence-corrected chi connectivity index (χ4v) is 3.60. The van der Waals surface area contributed by atoms with Crippen LogP contribution in [0.15, 0.2) is 17.8 Å². The molecule has 0 spiro atoms. The Labute approximate surface area is 147 Å². The Bertz CT molecular complexity index is 637. The Kier molecular flexibility index (Phi) is 5.76. The molecule has 2 aromatic rings. The number of piperazine rings is 1. The Balaban J connectivity index is 1.51. The molecule has 1 atom stereocenters. The maximum Gasteiger partial charge on any atom is 0.225 e. The van der Waals surface area contributed by atoms with Gasteiger partial charge in [-0.25, -0.2) is 15.0 Å². The number of rotatable bonds is 6. The van der Waals surface area contributed by atoms with Gasteiger partial charge in [0.1, 0.15) is 11.1 Å². The lowest BCUT2D eigenvalue weighted by atomic mass is 10.3. The molecule has 0 aliphatic carbocycles. The molecule has 2 aromatic heterocycles. The zero-order valence-corrected chi connectivity index (χ0v) is 15.4. The number of hydrogen-bond acceptors (Lipinski definition) is 7. The van der Waals surface area contributed by atoms with E-state index in [-0.39, 0.29) is 6.10 Å². The van der Waals surface area contributed by atoms with Crippen LogP contribution in [0.25, 0.3) is 0 Å². The number of ether oxygens (including phenoxy) is 1. The van der Waals surface area contributed by atoms with Crippen molar-refractivity contribution < 1.29 is 4.74 Å². The van der Waals surface area contributed by atoms with Crippen molar-refractivity contribution in [1.82, 2.24) is 19.9 Å². The molecule has 7 heteroatoms. The van der Waals surface area contributed by atoms with Crippen molar-refractivity contribution >= 4 is 17.3 Å². The van der Waals surface area contributed by atoms with E-state index >= 15 is 0 Å². The zero-order valence-electron chi connectivity index (χ0n) is 14.6. The quantitative estimate of drug-likeness (QED) is 0.801. The van der Waals surface area contributed by atoms with Gasteiger partial charge in [0.15, 0.2) is 0 Å². The summed E-state index contributed by atoms with van der Waals surface area (Å²) in [5.74, 6) is 0.835. The number of anilines is 1. The van der Waals surface area contributed by atoms with E-state index in [0.717, 1.165) is 61.5 Å². The second kappa shape index (κ2) is 8.00. The van der Waals surface area contributed by atoms with Gasteiger partial charge in [-0.05, 0) is 26.3 Å². The Morgan fingerprint density at radius 2 is 1.92 bits per heavy atom. The summed E-state index contributed by atoms with van der Waals surface area (Å²) in [6, 6.07) is 0. The summed E-state index contributed by atoms with van der Waals surface area (Å²) in [6.07, 6.45) is 3.85. The van der Waals surface area contributed by atoms with Crippen molar-refractivity contribution in [2.45, 2.75) is 33.4 Å². The maximum atomic E-state index is 5.62. The molecule has 0 N–H and O–H groups in total. The van der Waals surface area contributed by atoms with Crippen LogP contribution in [-0.2, 0) is 11.3 Å². The summed E-state index contributed by atoms with van der Waals surface area (Å²) in [5, 5.41) is 3.22. The average Bonchev–Trinajstić information content (AvgIpc) is 3.05. The van der Waals surface area contributed by atoms with Crippen molar-refractivity contribution in [3.8, 4) is 0 Å². The molecule has 3 rings (SSSR count). The van der Waals surface area contributed by atoms with Crippen molar-refractivity contribution in [2.75, 3.05) is 37.7 Å². The highest BCUT2D eigenvalue weighted by Crippen LogP contribution is 2.22. The normalized spacial score (nSPS) is 17.2. The molecule has 130 valence electrons. The Hall–Kier alpha value is -1.57. The van der Waals surface area contributed by atoms with E-state index in [1.54, 1.807) is 11.3 Å². The molecule has 1 fully saturated rings. The van der Waals surface area contributed by atoms with Gasteiger partial charge >= 0.3 is 0 Å². The van der Waals surface area contributed by atoms with Gasteiger partial charge in [0.05, 0.1) is 5.69 Å². The van der Waals surface area contributed by atoms with Crippen LogP contribution in [0.5, 0.6) is 0 Å². The lowest BCUT2D eigenvalue weighted by Crippen LogP contribution is -2.46. The predicted octanol–water partition coefficient (Wildman–Crippen LogP) is 2.66. The molecule has 0 bridgehead atoms. The molecule has 1 aliphatic rings. The van der Waals surface area contributed by atoms with Gasteiger partial charge in [0, 0.05) is 57.1 Å². The highest BCUT2D eigenvalue weighted by molar-refractivity contribution is 7.09. The van der Waals surface area contributed by atoms with E-state index in [2.05, 4.69) is 32.1 Å². The molecule has 24 heavy (non-hydrogen) atoms. The highest BCUT2D eigenvalue weighted by atomic mass is 32.1. The van der Waals surface area contributed by atoms with E-state index in [1.807, 2.05) is 26.2 Å². The van der Waals surface area contributed by atoms with Crippen LogP contribution in [-0.4, -0.2) is 52.6 Å². The molecule has 0 amide bonds. The summed E-state index contributed by atoms with van der Waals surface area (Å²) >= 11 is 1.69. The van der Waals surface area contributed by atoms with Gasteiger partial charge in [0.2, 0.25) is 5.95 Å². The molecule has 6 nitrogen and oxygen atoms in total. The first kappa shape index (κ1) is 17.3. The third kappa shape index (κ3) is 4.28. The topological polar surface area (TPSA) is 54.4 Å². The molecule has 1 saturated heterocycles. The highest BCUT2D eigenvalue weighted by Gasteiger charge is 2.20. The van der Waals surface area contributed by atoms with Crippen LogP contribution < -0.4 is 4.90 Å². The fourth-order valence-electron chi connectivity index (χ4n) is 2.79. The van der Waals surface area contributed by atoms with E-state index in [4.69, 9.17) is 9.72 Å².